The first-order valence-corrected chi connectivity index (χ1v) is 3.02. The molecule has 0 atom stereocenters. The predicted octanol–water partition coefficient (Wildman–Crippen LogP) is -1.60. The zero-order valence-corrected chi connectivity index (χ0v) is 6.10. The highest BCUT2D eigenvalue weighted by molar-refractivity contribution is 6.05. The van der Waals surface area contributed by atoms with Crippen LogP contribution in [-0.4, -0.2) is 7.98 Å². The smallest absolute Gasteiger partial charge is 0.260 e. The summed E-state index contributed by atoms with van der Waals surface area (Å²) in [6.07, 6.45) is 0. The Morgan fingerprint density at radius 1 is 1.36 bits per heavy atom. The fourth-order valence-electron chi connectivity index (χ4n) is 0.917. The third kappa shape index (κ3) is 0.887. The number of nitrogens with one attached hydrogen (secondary N) is 2. The lowest BCUT2D eigenvalue weighted by Gasteiger charge is -1.85. The number of anilines is 1. The van der Waals surface area contributed by atoms with Crippen LogP contribution >= 0.6 is 0 Å². The largest absolute Gasteiger partial charge is 0.397 e. The van der Waals surface area contributed by atoms with Gasteiger partial charge in [0.2, 0.25) is 0 Å². The molecule has 0 heterocycles. The molecule has 0 aromatic heterocycles. The number of nitrogens with zero attached hydrogens (tertiary/aromatic N) is 1. The molecule has 0 amide bonds. The minimum absolute atomic E-state index is 0.00231. The van der Waals surface area contributed by atoms with E-state index in [0.29, 0.717) is 16.6 Å². The summed E-state index contributed by atoms with van der Waals surface area (Å²) in [6, 6.07) is 0. The molecule has 1 rings (SSSR count). The fourth-order valence-corrected chi connectivity index (χ4v) is 0.917. The lowest BCUT2D eigenvalue weighted by atomic mass is 10.3. The van der Waals surface area contributed by atoms with E-state index in [1.54, 1.807) is 6.92 Å². The second-order valence-corrected chi connectivity index (χ2v) is 2.27. The molecule has 0 saturated carbocycles. The van der Waals surface area contributed by atoms with E-state index in [4.69, 9.17) is 24.5 Å². The van der Waals surface area contributed by atoms with E-state index >= 15 is 0 Å². The number of nitrogen functional groups attached to an aromatic ring is 1. The fraction of sp³-hybridized carbons (Fsp3) is 0.167. The van der Waals surface area contributed by atoms with Crippen LogP contribution < -0.4 is 21.8 Å². The van der Waals surface area contributed by atoms with Crippen molar-refractivity contribution in [3.63, 3.8) is 0 Å². The van der Waals surface area contributed by atoms with Crippen molar-refractivity contribution in [1.82, 2.24) is 0 Å². The Hall–Kier alpha value is -1.39. The molecule has 4 nitrogen and oxygen atoms in total. The Kier molecular flexibility index (Phi) is 1.64. The third-order valence-corrected chi connectivity index (χ3v) is 1.64. The van der Waals surface area contributed by atoms with Crippen LogP contribution in [0.25, 0.3) is 0 Å². The van der Waals surface area contributed by atoms with Gasteiger partial charge >= 0.3 is 0 Å². The summed E-state index contributed by atoms with van der Waals surface area (Å²) in [5.74, 6) is 0. The van der Waals surface area contributed by atoms with Crippen molar-refractivity contribution in [3.05, 3.63) is 21.6 Å². The molecular weight excluding hydrogens is 139 g/mol. The van der Waals surface area contributed by atoms with Gasteiger partial charge in [-0.15, -0.1) is 0 Å². The number of rotatable bonds is 0. The average Bonchev–Trinajstić information content (AvgIpc) is 2.17. The van der Waals surface area contributed by atoms with Gasteiger partial charge in [0, 0.05) is 5.56 Å². The maximum Gasteiger partial charge on any atom is 0.260 e. The zero-order valence-electron chi connectivity index (χ0n) is 6.10. The molecule has 0 fully saturated rings. The molecule has 0 bridgehead atoms. The molecule has 0 spiro atoms. The van der Waals surface area contributed by atoms with Crippen LogP contribution in [0.4, 0.5) is 5.69 Å². The van der Waals surface area contributed by atoms with Crippen LogP contribution in [0.1, 0.15) is 5.56 Å². The van der Waals surface area contributed by atoms with E-state index in [1.165, 1.54) is 0 Å². The number of hydrogen-bond acceptors (Lipinski definition) is 4. The van der Waals surface area contributed by atoms with Gasteiger partial charge in [-0.1, -0.05) is 0 Å². The normalized spacial score (nSPS) is 12.3. The van der Waals surface area contributed by atoms with Gasteiger partial charge in [0.1, 0.15) is 10.7 Å². The maximum absolute atomic E-state index is 7.32. The first-order chi connectivity index (χ1) is 5.09. The lowest BCUT2D eigenvalue weighted by molar-refractivity contribution is 1.13. The Morgan fingerprint density at radius 2 is 1.91 bits per heavy atom. The van der Waals surface area contributed by atoms with Crippen LogP contribution in [-0.2, 0) is 0 Å². The van der Waals surface area contributed by atoms with Crippen molar-refractivity contribution >= 4 is 13.7 Å². The molecule has 5 heteroatoms. The van der Waals surface area contributed by atoms with Crippen molar-refractivity contribution in [2.75, 3.05) is 5.73 Å². The molecule has 0 aliphatic rings. The molecule has 0 aliphatic heterocycles. The van der Waals surface area contributed by atoms with E-state index in [-0.39, 0.29) is 10.7 Å². The van der Waals surface area contributed by atoms with Gasteiger partial charge in [-0.25, -0.2) is 0 Å². The van der Waals surface area contributed by atoms with Crippen molar-refractivity contribution in [3.8, 4) is 0 Å². The van der Waals surface area contributed by atoms with E-state index in [9.17, 15) is 0 Å². The summed E-state index contributed by atoms with van der Waals surface area (Å²) < 4.78 is 0. The number of hydrogen-bond donors (Lipinski definition) is 3. The number of nitrogens with two attached hydrogens (primary N) is 1. The van der Waals surface area contributed by atoms with E-state index < -0.39 is 0 Å². The molecule has 0 aliphatic carbocycles. The topological polar surface area (TPSA) is 86.1 Å². The summed E-state index contributed by atoms with van der Waals surface area (Å²) in [4.78, 5) is 3.36. The first-order valence-electron chi connectivity index (χ1n) is 3.02. The van der Waals surface area contributed by atoms with Gasteiger partial charge < -0.3 is 10.6 Å². The van der Waals surface area contributed by atoms with Crippen molar-refractivity contribution in [2.24, 2.45) is 4.90 Å². The van der Waals surface area contributed by atoms with Gasteiger partial charge in [-0.2, -0.15) is 0 Å². The zero-order chi connectivity index (χ0) is 8.59. The Bertz CT molecular complexity index is 425. The molecule has 2 radical (unpaired) electrons. The summed E-state index contributed by atoms with van der Waals surface area (Å²) in [5.41, 5.74) is 6.36. The summed E-state index contributed by atoms with van der Waals surface area (Å²) in [6.45, 7) is 1.69. The van der Waals surface area contributed by atoms with Crippen LogP contribution in [0.3, 0.4) is 0 Å². The van der Waals surface area contributed by atoms with E-state index in [0.717, 1.165) is 0 Å². The molecule has 54 valence electrons. The molecule has 0 unspecified atom stereocenters. The van der Waals surface area contributed by atoms with Gasteiger partial charge in [0.05, 0.1) is 11.0 Å². The van der Waals surface area contributed by atoms with Gasteiger partial charge in [0.25, 0.3) is 7.98 Å². The molecule has 4 N–H and O–H groups in total. The molecule has 0 saturated heterocycles. The monoisotopic (exact) mass is 146 g/mol. The average molecular weight is 146 g/mol. The van der Waals surface area contributed by atoms with Crippen LogP contribution in [0.5, 0.6) is 0 Å². The highest BCUT2D eigenvalue weighted by Crippen LogP contribution is 1.92. The minimum atomic E-state index is 0.00231. The summed E-state index contributed by atoms with van der Waals surface area (Å²) in [7, 11) is 5.00. The lowest BCUT2D eigenvalue weighted by Crippen LogP contribution is -2.32. The van der Waals surface area contributed by atoms with Crippen molar-refractivity contribution < 1.29 is 0 Å². The van der Waals surface area contributed by atoms with Gasteiger partial charge in [-0.3, -0.25) is 10.8 Å². The molecule has 11 heavy (non-hydrogen) atoms. The predicted molar refractivity (Wildman–Crippen MR) is 41.0 cm³/mol. The Morgan fingerprint density at radius 3 is 2.09 bits per heavy atom. The van der Waals surface area contributed by atoms with Crippen LogP contribution in [0, 0.1) is 17.7 Å². The van der Waals surface area contributed by atoms with E-state index in [1.807, 2.05) is 0 Å². The maximum atomic E-state index is 7.32. The molecule has 1 aromatic rings. The minimum Gasteiger partial charge on any atom is -0.397 e. The quantitative estimate of drug-likeness (QED) is 0.378. The Balaban J connectivity index is 3.94. The SMILES string of the molecule is [B]/N=c1/c(C)c(N)c(=N)c1=N. The standard InChI is InChI=1S/C6H7BN4/c1-2-3(8)4(9)5(10)6(2)11-7/h9-10H,8H2,1H3/b9-4?,10-5?,11-6-. The highest BCUT2D eigenvalue weighted by Gasteiger charge is 2.03. The highest BCUT2D eigenvalue weighted by atomic mass is 14.7. The third-order valence-electron chi connectivity index (χ3n) is 1.64. The van der Waals surface area contributed by atoms with Gasteiger partial charge in [-0.05, 0) is 6.92 Å². The van der Waals surface area contributed by atoms with E-state index in [2.05, 4.69) is 4.90 Å². The summed E-state index contributed by atoms with van der Waals surface area (Å²) in [5, 5.41) is 14.9. The van der Waals surface area contributed by atoms with Crippen LogP contribution in [0.15, 0.2) is 4.90 Å². The second-order valence-electron chi connectivity index (χ2n) is 2.27. The summed E-state index contributed by atoms with van der Waals surface area (Å²) >= 11 is 0. The first kappa shape index (κ1) is 7.72. The Labute approximate surface area is 64.6 Å². The van der Waals surface area contributed by atoms with Crippen LogP contribution in [0.2, 0.25) is 0 Å². The molecular formula is C6H7BN4. The van der Waals surface area contributed by atoms with Crippen molar-refractivity contribution in [2.45, 2.75) is 6.92 Å². The second kappa shape index (κ2) is 2.34. The van der Waals surface area contributed by atoms with Gasteiger partial charge in [0.15, 0.2) is 0 Å². The molecule has 1 aromatic carbocycles. The van der Waals surface area contributed by atoms with Crippen molar-refractivity contribution in [1.29, 1.82) is 10.8 Å².